The molecular formula is C34H70N2O. The highest BCUT2D eigenvalue weighted by atomic mass is 16.2. The van der Waals surface area contributed by atoms with Crippen molar-refractivity contribution in [2.24, 2.45) is 0 Å². The zero-order valence-corrected chi connectivity index (χ0v) is 26.5. The molecule has 222 valence electrons. The molecule has 0 saturated heterocycles. The first kappa shape index (κ1) is 36.4. The quantitative estimate of drug-likeness (QED) is 0.0912. The molecule has 1 atom stereocenters. The van der Waals surface area contributed by atoms with Gasteiger partial charge in [-0.15, -0.1) is 0 Å². The number of hydrogen-bond donors (Lipinski definition) is 0. The molecule has 0 aliphatic rings. The summed E-state index contributed by atoms with van der Waals surface area (Å²) in [6.07, 6.45) is 32.4. The summed E-state index contributed by atoms with van der Waals surface area (Å²) in [6.45, 7) is 8.88. The average molecular weight is 523 g/mol. The number of carbonyl (C=O) groups excluding carboxylic acids is 1. The first-order valence-corrected chi connectivity index (χ1v) is 17.0. The predicted octanol–water partition coefficient (Wildman–Crippen LogP) is 10.6. The largest absolute Gasteiger partial charge is 0.340 e. The molecule has 0 heterocycles. The Morgan fingerprint density at radius 3 is 1.27 bits per heavy atom. The van der Waals surface area contributed by atoms with Crippen molar-refractivity contribution in [1.29, 1.82) is 0 Å². The van der Waals surface area contributed by atoms with E-state index in [-0.39, 0.29) is 0 Å². The fourth-order valence-corrected chi connectivity index (χ4v) is 5.57. The van der Waals surface area contributed by atoms with E-state index < -0.39 is 0 Å². The third-order valence-corrected chi connectivity index (χ3v) is 8.04. The Kier molecular flexibility index (Phi) is 28.0. The lowest BCUT2D eigenvalue weighted by Crippen LogP contribution is -2.41. The Balaban J connectivity index is 4.85. The minimum Gasteiger partial charge on any atom is -0.340 e. The lowest BCUT2D eigenvalue weighted by molar-refractivity contribution is -0.134. The predicted molar refractivity (Wildman–Crippen MR) is 167 cm³/mol. The van der Waals surface area contributed by atoms with Gasteiger partial charge in [0.2, 0.25) is 5.91 Å². The van der Waals surface area contributed by atoms with Crippen molar-refractivity contribution in [2.45, 2.75) is 187 Å². The Bertz CT molecular complexity index is 465. The Labute approximate surface area is 234 Å². The second-order valence-electron chi connectivity index (χ2n) is 12.1. The molecule has 0 aromatic heterocycles. The summed E-state index contributed by atoms with van der Waals surface area (Å²) in [5.74, 6) is 0.433. The maximum Gasteiger partial charge on any atom is 0.222 e. The fraction of sp³-hybridized carbons (Fsp3) is 0.971. The van der Waals surface area contributed by atoms with Gasteiger partial charge in [0.25, 0.3) is 0 Å². The molecule has 0 fully saturated rings. The van der Waals surface area contributed by atoms with Crippen LogP contribution in [0.3, 0.4) is 0 Å². The molecule has 0 aromatic carbocycles. The van der Waals surface area contributed by atoms with E-state index >= 15 is 0 Å². The van der Waals surface area contributed by atoms with Crippen LogP contribution < -0.4 is 0 Å². The maximum absolute atomic E-state index is 13.5. The SMILES string of the molecule is CCCCCCCCCCC(CCCCCCC)N(CCCCCCCCCC)C(=O)CCCN(C)C. The summed E-state index contributed by atoms with van der Waals surface area (Å²) in [5.41, 5.74) is 0. The summed E-state index contributed by atoms with van der Waals surface area (Å²) < 4.78 is 0. The fourth-order valence-electron chi connectivity index (χ4n) is 5.57. The topological polar surface area (TPSA) is 23.6 Å². The molecule has 0 rings (SSSR count). The van der Waals surface area contributed by atoms with Crippen molar-refractivity contribution in [3.8, 4) is 0 Å². The first-order valence-electron chi connectivity index (χ1n) is 17.0. The van der Waals surface area contributed by atoms with E-state index in [0.717, 1.165) is 25.9 Å². The zero-order valence-electron chi connectivity index (χ0n) is 26.5. The van der Waals surface area contributed by atoms with Gasteiger partial charge in [-0.2, -0.15) is 0 Å². The molecule has 0 aliphatic heterocycles. The van der Waals surface area contributed by atoms with E-state index in [1.807, 2.05) is 0 Å². The van der Waals surface area contributed by atoms with Crippen molar-refractivity contribution in [3.63, 3.8) is 0 Å². The van der Waals surface area contributed by atoms with E-state index in [0.29, 0.717) is 11.9 Å². The minimum atomic E-state index is 0.433. The number of hydrogen-bond acceptors (Lipinski definition) is 2. The number of unbranched alkanes of at least 4 members (excludes halogenated alkanes) is 18. The van der Waals surface area contributed by atoms with Crippen LogP contribution in [-0.4, -0.2) is 48.9 Å². The lowest BCUT2D eigenvalue weighted by Gasteiger charge is -2.33. The monoisotopic (exact) mass is 523 g/mol. The Morgan fingerprint density at radius 1 is 0.486 bits per heavy atom. The highest BCUT2D eigenvalue weighted by molar-refractivity contribution is 5.76. The van der Waals surface area contributed by atoms with Gasteiger partial charge in [-0.1, -0.05) is 149 Å². The molecule has 37 heavy (non-hydrogen) atoms. The van der Waals surface area contributed by atoms with E-state index in [4.69, 9.17) is 0 Å². The van der Waals surface area contributed by atoms with Crippen LogP contribution in [0.1, 0.15) is 181 Å². The summed E-state index contributed by atoms with van der Waals surface area (Å²) in [5, 5.41) is 0. The molecule has 0 N–H and O–H groups in total. The van der Waals surface area contributed by atoms with Crippen LogP contribution in [0, 0.1) is 0 Å². The molecule has 3 heteroatoms. The van der Waals surface area contributed by atoms with Crippen molar-refractivity contribution >= 4 is 5.91 Å². The summed E-state index contributed by atoms with van der Waals surface area (Å²) in [4.78, 5) is 18.1. The van der Waals surface area contributed by atoms with E-state index in [2.05, 4.69) is 44.7 Å². The third-order valence-electron chi connectivity index (χ3n) is 8.04. The number of rotatable bonds is 29. The van der Waals surface area contributed by atoms with Gasteiger partial charge in [0.05, 0.1) is 0 Å². The zero-order chi connectivity index (χ0) is 27.4. The highest BCUT2D eigenvalue weighted by Gasteiger charge is 2.22. The normalized spacial score (nSPS) is 12.4. The van der Waals surface area contributed by atoms with Crippen molar-refractivity contribution < 1.29 is 4.79 Å². The van der Waals surface area contributed by atoms with Gasteiger partial charge >= 0.3 is 0 Å². The smallest absolute Gasteiger partial charge is 0.222 e. The van der Waals surface area contributed by atoms with E-state index in [1.54, 1.807) is 0 Å². The summed E-state index contributed by atoms with van der Waals surface area (Å²) in [7, 11) is 4.23. The van der Waals surface area contributed by atoms with Crippen molar-refractivity contribution in [1.82, 2.24) is 9.80 Å². The summed E-state index contributed by atoms with van der Waals surface area (Å²) in [6, 6.07) is 0.470. The standard InChI is InChI=1S/C34H70N2O/c1-6-9-12-15-17-19-22-25-29-33(28-24-21-14-11-8-3)36(34(37)30-27-31-35(4)5)32-26-23-20-18-16-13-10-7-2/h33H,6-32H2,1-5H3. The number of carbonyl (C=O) groups is 1. The third kappa shape index (κ3) is 24.2. The average Bonchev–Trinajstić information content (AvgIpc) is 2.88. The molecule has 0 aliphatic carbocycles. The van der Waals surface area contributed by atoms with Crippen LogP contribution in [0.4, 0.5) is 0 Å². The van der Waals surface area contributed by atoms with E-state index in [1.165, 1.54) is 148 Å². The molecular weight excluding hydrogens is 452 g/mol. The highest BCUT2D eigenvalue weighted by Crippen LogP contribution is 2.21. The Morgan fingerprint density at radius 2 is 0.865 bits per heavy atom. The van der Waals surface area contributed by atoms with Crippen LogP contribution in [0.5, 0.6) is 0 Å². The molecule has 0 aromatic rings. The van der Waals surface area contributed by atoms with Crippen LogP contribution in [0.25, 0.3) is 0 Å². The summed E-state index contributed by atoms with van der Waals surface area (Å²) >= 11 is 0. The molecule has 3 nitrogen and oxygen atoms in total. The Hall–Kier alpha value is -0.570. The maximum atomic E-state index is 13.5. The van der Waals surface area contributed by atoms with Gasteiger partial charge < -0.3 is 9.80 Å². The molecule has 0 bridgehead atoms. The molecule has 0 spiro atoms. The lowest BCUT2D eigenvalue weighted by atomic mass is 9.97. The van der Waals surface area contributed by atoms with E-state index in [9.17, 15) is 4.79 Å². The number of amides is 1. The number of nitrogens with zero attached hydrogens (tertiary/aromatic N) is 2. The van der Waals surface area contributed by atoms with Crippen molar-refractivity contribution in [3.05, 3.63) is 0 Å². The van der Waals surface area contributed by atoms with Gasteiger partial charge in [0.15, 0.2) is 0 Å². The molecule has 0 radical (unpaired) electrons. The van der Waals surface area contributed by atoms with Crippen LogP contribution >= 0.6 is 0 Å². The molecule has 1 amide bonds. The van der Waals surface area contributed by atoms with Gasteiger partial charge in [0, 0.05) is 19.0 Å². The van der Waals surface area contributed by atoms with Crippen LogP contribution in [-0.2, 0) is 4.79 Å². The van der Waals surface area contributed by atoms with Gasteiger partial charge in [0.1, 0.15) is 0 Å². The van der Waals surface area contributed by atoms with Gasteiger partial charge in [-0.25, -0.2) is 0 Å². The molecule has 0 saturated carbocycles. The minimum absolute atomic E-state index is 0.433. The van der Waals surface area contributed by atoms with Gasteiger partial charge in [-0.05, 0) is 46.3 Å². The second-order valence-corrected chi connectivity index (χ2v) is 12.1. The van der Waals surface area contributed by atoms with Gasteiger partial charge in [-0.3, -0.25) is 4.79 Å². The molecule has 1 unspecified atom stereocenters. The second kappa shape index (κ2) is 28.4. The van der Waals surface area contributed by atoms with Crippen LogP contribution in [0.15, 0.2) is 0 Å². The first-order chi connectivity index (χ1) is 18.1. The van der Waals surface area contributed by atoms with Crippen molar-refractivity contribution in [2.75, 3.05) is 27.2 Å². The van der Waals surface area contributed by atoms with Crippen LogP contribution in [0.2, 0.25) is 0 Å².